The van der Waals surface area contributed by atoms with Gasteiger partial charge in [-0.25, -0.2) is 14.1 Å². The molecule has 1 fully saturated rings. The predicted octanol–water partition coefficient (Wildman–Crippen LogP) is 2.85. The molecule has 0 bridgehead atoms. The van der Waals surface area contributed by atoms with Crippen molar-refractivity contribution in [1.29, 1.82) is 0 Å². The molecule has 31 heavy (non-hydrogen) atoms. The lowest BCUT2D eigenvalue weighted by Gasteiger charge is -2.33. The number of hydrogen-bond acceptors (Lipinski definition) is 5. The molecule has 2 aromatic carbocycles. The van der Waals surface area contributed by atoms with E-state index in [-0.39, 0.29) is 24.2 Å². The Hall–Kier alpha value is -3.26. The number of carbonyl (C=O) groups excluding carboxylic acids is 1. The number of nitrogens with zero attached hydrogens (tertiary/aromatic N) is 4. The Morgan fingerprint density at radius 1 is 1.10 bits per heavy atom. The number of benzene rings is 2. The second-order valence-electron chi connectivity index (χ2n) is 7.83. The van der Waals surface area contributed by atoms with E-state index >= 15 is 0 Å². The maximum Gasteiger partial charge on any atom is 0.291 e. The van der Waals surface area contributed by atoms with Crippen LogP contribution in [0.15, 0.2) is 48.5 Å². The molecule has 1 aliphatic rings. The second-order valence-corrected chi connectivity index (χ2v) is 7.83. The summed E-state index contributed by atoms with van der Waals surface area (Å²) in [5.74, 6) is 0.338. The van der Waals surface area contributed by atoms with Gasteiger partial charge in [-0.05, 0) is 67.6 Å². The number of aliphatic hydroxyl groups excluding tert-OH is 1. The van der Waals surface area contributed by atoms with Crippen molar-refractivity contribution in [3.05, 3.63) is 71.6 Å². The molecule has 2 N–H and O–H groups in total. The van der Waals surface area contributed by atoms with Crippen LogP contribution in [0.5, 0.6) is 0 Å². The van der Waals surface area contributed by atoms with E-state index in [4.69, 9.17) is 0 Å². The summed E-state index contributed by atoms with van der Waals surface area (Å²) in [6.07, 6.45) is 2.01. The van der Waals surface area contributed by atoms with Gasteiger partial charge in [0.05, 0.1) is 5.69 Å². The van der Waals surface area contributed by atoms with Crippen LogP contribution in [0.2, 0.25) is 0 Å². The minimum Gasteiger partial charge on any atom is -0.396 e. The number of anilines is 1. The maximum absolute atomic E-state index is 13.1. The van der Waals surface area contributed by atoms with E-state index in [1.165, 1.54) is 16.8 Å². The third-order valence-corrected chi connectivity index (χ3v) is 5.67. The molecule has 0 saturated carbocycles. The zero-order valence-corrected chi connectivity index (χ0v) is 17.5. The highest BCUT2D eigenvalue weighted by Crippen LogP contribution is 2.23. The quantitative estimate of drug-likeness (QED) is 0.637. The van der Waals surface area contributed by atoms with Gasteiger partial charge in [0, 0.05) is 31.9 Å². The SMILES string of the molecule is Cc1nc(C(=O)NCc2ccc(N3CCC(CO)CC3)cc2)nn1-c1ccc(F)cc1. The summed E-state index contributed by atoms with van der Waals surface area (Å²) in [5.41, 5.74) is 2.78. The van der Waals surface area contributed by atoms with Crippen LogP contribution < -0.4 is 10.2 Å². The molecular formula is C23H26FN5O2. The second kappa shape index (κ2) is 9.26. The van der Waals surface area contributed by atoms with Gasteiger partial charge in [-0.2, -0.15) is 0 Å². The molecule has 0 aliphatic carbocycles. The van der Waals surface area contributed by atoms with Crippen molar-refractivity contribution in [3.63, 3.8) is 0 Å². The van der Waals surface area contributed by atoms with Gasteiger partial charge in [-0.15, -0.1) is 5.10 Å². The average Bonchev–Trinajstić information content (AvgIpc) is 3.20. The predicted molar refractivity (Wildman–Crippen MR) is 116 cm³/mol. The number of amides is 1. The molecule has 1 aromatic heterocycles. The van der Waals surface area contributed by atoms with Gasteiger partial charge in [0.1, 0.15) is 11.6 Å². The molecular weight excluding hydrogens is 397 g/mol. The zero-order chi connectivity index (χ0) is 21.8. The van der Waals surface area contributed by atoms with Crippen molar-refractivity contribution in [2.45, 2.75) is 26.3 Å². The zero-order valence-electron chi connectivity index (χ0n) is 17.5. The summed E-state index contributed by atoms with van der Waals surface area (Å²) in [6.45, 7) is 4.28. The van der Waals surface area contributed by atoms with Crippen molar-refractivity contribution in [3.8, 4) is 5.69 Å². The number of nitrogens with one attached hydrogen (secondary N) is 1. The first-order valence-corrected chi connectivity index (χ1v) is 10.5. The number of aryl methyl sites for hydroxylation is 1. The van der Waals surface area contributed by atoms with Crippen LogP contribution >= 0.6 is 0 Å². The first-order valence-electron chi connectivity index (χ1n) is 10.5. The van der Waals surface area contributed by atoms with Gasteiger partial charge >= 0.3 is 0 Å². The minimum absolute atomic E-state index is 0.0743. The highest BCUT2D eigenvalue weighted by atomic mass is 19.1. The molecule has 4 rings (SSSR count). The van der Waals surface area contributed by atoms with E-state index in [9.17, 15) is 14.3 Å². The van der Waals surface area contributed by atoms with Crippen LogP contribution in [0.25, 0.3) is 5.69 Å². The fourth-order valence-corrected chi connectivity index (χ4v) is 3.77. The Morgan fingerprint density at radius 2 is 1.74 bits per heavy atom. The monoisotopic (exact) mass is 423 g/mol. The third kappa shape index (κ3) is 4.91. The molecule has 162 valence electrons. The minimum atomic E-state index is -0.362. The standard InChI is InChI=1S/C23H26FN5O2/c1-16-26-22(27-29(16)21-8-4-19(24)5-9-21)23(31)25-14-17-2-6-20(7-3-17)28-12-10-18(15-30)11-13-28/h2-9,18,30H,10-15H2,1H3,(H,25,31). The normalized spacial score (nSPS) is 14.6. The van der Waals surface area contributed by atoms with Gasteiger partial charge in [0.15, 0.2) is 0 Å². The summed E-state index contributed by atoms with van der Waals surface area (Å²) in [6, 6.07) is 14.0. The van der Waals surface area contributed by atoms with Gasteiger partial charge in [-0.1, -0.05) is 12.1 Å². The van der Waals surface area contributed by atoms with Crippen molar-refractivity contribution in [2.75, 3.05) is 24.6 Å². The molecule has 1 aliphatic heterocycles. The topological polar surface area (TPSA) is 83.3 Å². The number of halogens is 1. The Balaban J connectivity index is 1.35. The number of aromatic nitrogens is 3. The Labute approximate surface area is 180 Å². The highest BCUT2D eigenvalue weighted by Gasteiger charge is 2.19. The van der Waals surface area contributed by atoms with Crippen LogP contribution in [0.4, 0.5) is 10.1 Å². The lowest BCUT2D eigenvalue weighted by atomic mass is 9.97. The van der Waals surface area contributed by atoms with Crippen molar-refractivity contribution in [2.24, 2.45) is 5.92 Å². The van der Waals surface area contributed by atoms with Gasteiger partial charge in [0.2, 0.25) is 5.82 Å². The van der Waals surface area contributed by atoms with E-state index in [2.05, 4.69) is 32.4 Å². The molecule has 8 heteroatoms. The van der Waals surface area contributed by atoms with Gasteiger partial charge in [-0.3, -0.25) is 4.79 Å². The van der Waals surface area contributed by atoms with Crippen molar-refractivity contribution >= 4 is 11.6 Å². The van der Waals surface area contributed by atoms with E-state index in [0.29, 0.717) is 24.0 Å². The largest absolute Gasteiger partial charge is 0.396 e. The van der Waals surface area contributed by atoms with E-state index in [1.807, 2.05) is 12.1 Å². The van der Waals surface area contributed by atoms with Crippen molar-refractivity contribution in [1.82, 2.24) is 20.1 Å². The number of carbonyl (C=O) groups is 1. The summed E-state index contributed by atoms with van der Waals surface area (Å²) in [5, 5.41) is 16.4. The Bertz CT molecular complexity index is 1030. The van der Waals surface area contributed by atoms with Gasteiger partial charge < -0.3 is 15.3 Å². The molecule has 1 saturated heterocycles. The fraction of sp³-hybridized carbons (Fsp3) is 0.348. The molecule has 3 aromatic rings. The molecule has 0 spiro atoms. The number of rotatable bonds is 6. The molecule has 0 radical (unpaired) electrons. The smallest absolute Gasteiger partial charge is 0.291 e. The molecule has 7 nitrogen and oxygen atoms in total. The molecule has 0 atom stereocenters. The van der Waals surface area contributed by atoms with E-state index in [1.54, 1.807) is 19.1 Å². The van der Waals surface area contributed by atoms with Crippen molar-refractivity contribution < 1.29 is 14.3 Å². The average molecular weight is 423 g/mol. The number of aliphatic hydroxyl groups is 1. The van der Waals surface area contributed by atoms with Crippen LogP contribution in [0.1, 0.15) is 34.8 Å². The van der Waals surface area contributed by atoms with Crippen LogP contribution in [0, 0.1) is 18.7 Å². The first-order chi connectivity index (χ1) is 15.0. The molecule has 1 amide bonds. The van der Waals surface area contributed by atoms with E-state index in [0.717, 1.165) is 37.2 Å². The Kier molecular flexibility index (Phi) is 6.27. The summed E-state index contributed by atoms with van der Waals surface area (Å²) in [4.78, 5) is 19.1. The number of piperidine rings is 1. The first kappa shape index (κ1) is 21.0. The van der Waals surface area contributed by atoms with Crippen LogP contribution in [0.3, 0.4) is 0 Å². The molecule has 0 unspecified atom stereocenters. The number of hydrogen-bond donors (Lipinski definition) is 2. The highest BCUT2D eigenvalue weighted by molar-refractivity contribution is 5.90. The summed E-state index contributed by atoms with van der Waals surface area (Å²) < 4.78 is 14.7. The third-order valence-electron chi connectivity index (χ3n) is 5.67. The van der Waals surface area contributed by atoms with E-state index < -0.39 is 0 Å². The van der Waals surface area contributed by atoms with Gasteiger partial charge in [0.25, 0.3) is 5.91 Å². The summed E-state index contributed by atoms with van der Waals surface area (Å²) >= 11 is 0. The fourth-order valence-electron chi connectivity index (χ4n) is 3.77. The van der Waals surface area contributed by atoms with Crippen LogP contribution in [-0.2, 0) is 6.54 Å². The lowest BCUT2D eigenvalue weighted by molar-refractivity contribution is 0.0940. The lowest BCUT2D eigenvalue weighted by Crippen LogP contribution is -2.34. The summed E-state index contributed by atoms with van der Waals surface area (Å²) in [7, 11) is 0. The molecule has 2 heterocycles. The maximum atomic E-state index is 13.1. The van der Waals surface area contributed by atoms with Crippen LogP contribution in [-0.4, -0.2) is 45.5 Å². The Morgan fingerprint density at radius 3 is 2.39 bits per heavy atom.